The molecule has 1 amide bonds. The number of ether oxygens (including phenoxy) is 1. The Morgan fingerprint density at radius 3 is 2.64 bits per heavy atom. The average molecular weight is 327 g/mol. The number of rotatable bonds is 5. The van der Waals surface area contributed by atoms with Gasteiger partial charge < -0.3 is 10.1 Å². The minimum absolute atomic E-state index is 0.0341. The van der Waals surface area contributed by atoms with Crippen LogP contribution in [0.15, 0.2) is 47.4 Å². The largest absolute Gasteiger partial charge is 0.494 e. The topological polar surface area (TPSA) is 38.3 Å². The molecule has 22 heavy (non-hydrogen) atoms. The van der Waals surface area contributed by atoms with Gasteiger partial charge in [-0.1, -0.05) is 17.8 Å². The zero-order valence-corrected chi connectivity index (χ0v) is 12.3. The van der Waals surface area contributed by atoms with Gasteiger partial charge in [0.1, 0.15) is 0 Å². The Morgan fingerprint density at radius 2 is 2.00 bits per heavy atom. The average Bonchev–Trinajstić information content (AvgIpc) is 2.46. The number of benzene rings is 2. The van der Waals surface area contributed by atoms with Crippen LogP contribution in [-0.2, 0) is 0 Å². The fraction of sp³-hybridized carbons (Fsp3) is 0.133. The summed E-state index contributed by atoms with van der Waals surface area (Å²) < 4.78 is 43.0. The van der Waals surface area contributed by atoms with E-state index in [-0.39, 0.29) is 11.3 Å². The molecule has 0 heterocycles. The highest BCUT2D eigenvalue weighted by molar-refractivity contribution is 7.99. The highest BCUT2D eigenvalue weighted by Crippen LogP contribution is 2.27. The number of halogens is 3. The third kappa shape index (κ3) is 4.17. The molecule has 0 radical (unpaired) electrons. The number of nitrogens with one attached hydrogen (secondary N) is 1. The number of amides is 1. The van der Waals surface area contributed by atoms with Crippen molar-refractivity contribution in [3.63, 3.8) is 0 Å². The van der Waals surface area contributed by atoms with E-state index in [9.17, 15) is 18.0 Å². The van der Waals surface area contributed by atoms with Gasteiger partial charge in [0.15, 0.2) is 11.6 Å². The van der Waals surface area contributed by atoms with Crippen LogP contribution in [0.4, 0.5) is 18.9 Å². The fourth-order valence-corrected chi connectivity index (χ4v) is 2.32. The van der Waals surface area contributed by atoms with Gasteiger partial charge in [0.25, 0.3) is 11.7 Å². The van der Waals surface area contributed by atoms with Gasteiger partial charge in [-0.3, -0.25) is 4.79 Å². The molecule has 0 saturated carbocycles. The number of alkyl halides is 2. The van der Waals surface area contributed by atoms with Crippen LogP contribution in [0.5, 0.6) is 5.75 Å². The van der Waals surface area contributed by atoms with Gasteiger partial charge >= 0.3 is 0 Å². The summed E-state index contributed by atoms with van der Waals surface area (Å²) in [6.07, 6.45) is 0. The summed E-state index contributed by atoms with van der Waals surface area (Å²) in [7, 11) is 1.32. The van der Waals surface area contributed by atoms with Crippen molar-refractivity contribution in [3.05, 3.63) is 53.8 Å². The predicted octanol–water partition coefficient (Wildman–Crippen LogP) is 4.40. The van der Waals surface area contributed by atoms with Crippen LogP contribution < -0.4 is 10.1 Å². The molecular formula is C15H12F3NO2S. The van der Waals surface area contributed by atoms with Gasteiger partial charge in [0, 0.05) is 16.1 Å². The van der Waals surface area contributed by atoms with Crippen molar-refractivity contribution in [1.82, 2.24) is 0 Å². The van der Waals surface area contributed by atoms with E-state index in [2.05, 4.69) is 5.32 Å². The van der Waals surface area contributed by atoms with E-state index in [4.69, 9.17) is 4.74 Å². The SMILES string of the molecule is COc1ccc(C(=O)Nc2cccc(SC(F)F)c2)cc1F. The normalized spacial score (nSPS) is 10.6. The molecule has 0 unspecified atom stereocenters. The number of anilines is 1. The van der Waals surface area contributed by atoms with Crippen LogP contribution in [0, 0.1) is 5.82 Å². The van der Waals surface area contributed by atoms with Crippen molar-refractivity contribution in [2.75, 3.05) is 12.4 Å². The predicted molar refractivity (Wildman–Crippen MR) is 79.2 cm³/mol. The molecule has 2 aromatic rings. The molecule has 0 bridgehead atoms. The Labute approximate surface area is 129 Å². The summed E-state index contributed by atoms with van der Waals surface area (Å²) in [5.74, 6) is -3.70. The molecule has 0 aliphatic rings. The van der Waals surface area contributed by atoms with Gasteiger partial charge in [0.2, 0.25) is 0 Å². The van der Waals surface area contributed by atoms with Crippen molar-refractivity contribution >= 4 is 23.4 Å². The maximum Gasteiger partial charge on any atom is 0.288 e. The van der Waals surface area contributed by atoms with Crippen LogP contribution in [0.1, 0.15) is 10.4 Å². The first kappa shape index (κ1) is 16.2. The van der Waals surface area contributed by atoms with E-state index in [1.54, 1.807) is 12.1 Å². The number of hydrogen-bond donors (Lipinski definition) is 1. The number of thioether (sulfide) groups is 1. The maximum atomic E-state index is 13.6. The lowest BCUT2D eigenvalue weighted by atomic mass is 10.2. The van der Waals surface area contributed by atoms with E-state index in [0.717, 1.165) is 6.07 Å². The van der Waals surface area contributed by atoms with Gasteiger partial charge in [-0.25, -0.2) is 4.39 Å². The molecule has 7 heteroatoms. The van der Waals surface area contributed by atoms with E-state index in [1.165, 1.54) is 31.4 Å². The molecule has 3 nitrogen and oxygen atoms in total. The summed E-state index contributed by atoms with van der Waals surface area (Å²) in [5, 5.41) is 2.53. The quantitative estimate of drug-likeness (QED) is 0.827. The Hall–Kier alpha value is -2.15. The van der Waals surface area contributed by atoms with Crippen molar-refractivity contribution in [1.29, 1.82) is 0 Å². The number of methoxy groups -OCH3 is 1. The van der Waals surface area contributed by atoms with Crippen LogP contribution in [0.3, 0.4) is 0 Å². The van der Waals surface area contributed by atoms with E-state index >= 15 is 0 Å². The lowest BCUT2D eigenvalue weighted by Gasteiger charge is -2.08. The molecule has 0 aliphatic heterocycles. The third-order valence-corrected chi connectivity index (χ3v) is 3.44. The Morgan fingerprint density at radius 1 is 1.23 bits per heavy atom. The fourth-order valence-electron chi connectivity index (χ4n) is 1.76. The Bertz CT molecular complexity index is 680. The second-order valence-electron chi connectivity index (χ2n) is 4.21. The van der Waals surface area contributed by atoms with Crippen molar-refractivity contribution in [2.45, 2.75) is 10.7 Å². The van der Waals surface area contributed by atoms with Crippen LogP contribution >= 0.6 is 11.8 Å². The number of carbonyl (C=O) groups excluding carboxylic acids is 1. The highest BCUT2D eigenvalue weighted by Gasteiger charge is 2.11. The van der Waals surface area contributed by atoms with Crippen molar-refractivity contribution < 1.29 is 22.7 Å². The standard InChI is InChI=1S/C15H12F3NO2S/c1-21-13-6-5-9(7-12(13)16)14(20)19-10-3-2-4-11(8-10)22-15(17)18/h2-8,15H,1H3,(H,19,20). The van der Waals surface area contributed by atoms with E-state index < -0.39 is 17.5 Å². The molecule has 1 N–H and O–H groups in total. The van der Waals surface area contributed by atoms with Crippen molar-refractivity contribution in [2.24, 2.45) is 0 Å². The summed E-state index contributed by atoms with van der Waals surface area (Å²) in [6, 6.07) is 9.85. The molecule has 0 saturated heterocycles. The number of hydrogen-bond acceptors (Lipinski definition) is 3. The van der Waals surface area contributed by atoms with Crippen LogP contribution in [0.2, 0.25) is 0 Å². The molecule has 0 fully saturated rings. The maximum absolute atomic E-state index is 13.6. The first-order valence-electron chi connectivity index (χ1n) is 6.19. The Balaban J connectivity index is 2.13. The summed E-state index contributed by atoms with van der Waals surface area (Å²) >= 11 is 0.382. The minimum atomic E-state index is -2.54. The second kappa shape index (κ2) is 7.22. The summed E-state index contributed by atoms with van der Waals surface area (Å²) in [5.41, 5.74) is 0.456. The lowest BCUT2D eigenvalue weighted by Crippen LogP contribution is -2.12. The smallest absolute Gasteiger partial charge is 0.288 e. The number of carbonyl (C=O) groups is 1. The Kier molecular flexibility index (Phi) is 5.32. The van der Waals surface area contributed by atoms with Crippen LogP contribution in [-0.4, -0.2) is 18.8 Å². The zero-order valence-electron chi connectivity index (χ0n) is 11.5. The van der Waals surface area contributed by atoms with Gasteiger partial charge in [-0.15, -0.1) is 0 Å². The van der Waals surface area contributed by atoms with Crippen LogP contribution in [0.25, 0.3) is 0 Å². The lowest BCUT2D eigenvalue weighted by molar-refractivity contribution is 0.102. The van der Waals surface area contributed by atoms with Crippen molar-refractivity contribution in [3.8, 4) is 5.75 Å². The minimum Gasteiger partial charge on any atom is -0.494 e. The first-order chi connectivity index (χ1) is 10.5. The van der Waals surface area contributed by atoms with Gasteiger partial charge in [-0.05, 0) is 36.4 Å². The second-order valence-corrected chi connectivity index (χ2v) is 5.27. The summed E-state index contributed by atoms with van der Waals surface area (Å²) in [4.78, 5) is 12.4. The molecule has 116 valence electrons. The third-order valence-electron chi connectivity index (χ3n) is 2.73. The zero-order chi connectivity index (χ0) is 16.1. The summed E-state index contributed by atoms with van der Waals surface area (Å²) in [6.45, 7) is 0. The monoisotopic (exact) mass is 327 g/mol. The molecular weight excluding hydrogens is 315 g/mol. The van der Waals surface area contributed by atoms with Gasteiger partial charge in [-0.2, -0.15) is 8.78 Å². The molecule has 2 rings (SSSR count). The van der Waals surface area contributed by atoms with E-state index in [0.29, 0.717) is 22.3 Å². The van der Waals surface area contributed by atoms with E-state index in [1.807, 2.05) is 0 Å². The first-order valence-corrected chi connectivity index (χ1v) is 7.07. The molecule has 2 aromatic carbocycles. The molecule has 0 spiro atoms. The highest BCUT2D eigenvalue weighted by atomic mass is 32.2. The molecule has 0 aromatic heterocycles. The van der Waals surface area contributed by atoms with Gasteiger partial charge in [0.05, 0.1) is 7.11 Å². The molecule has 0 aliphatic carbocycles. The molecule has 0 atom stereocenters.